The van der Waals surface area contributed by atoms with Crippen LogP contribution in [0.1, 0.15) is 81.8 Å². The van der Waals surface area contributed by atoms with Crippen LogP contribution in [0.4, 0.5) is 49.1 Å². The second-order valence-corrected chi connectivity index (χ2v) is 17.4. The molecule has 9 nitrogen and oxygen atoms in total. The van der Waals surface area contributed by atoms with E-state index in [2.05, 4.69) is 25.6 Å². The van der Waals surface area contributed by atoms with Crippen molar-refractivity contribution in [1.29, 1.82) is 0 Å². The zero-order chi connectivity index (χ0) is 45.3. The third-order valence-electron chi connectivity index (χ3n) is 10.7. The molecule has 1 amide bonds. The van der Waals surface area contributed by atoms with Crippen molar-refractivity contribution in [2.45, 2.75) is 87.9 Å². The van der Waals surface area contributed by atoms with Crippen LogP contribution in [-0.4, -0.2) is 41.2 Å². The molecule has 0 unspecified atom stereocenters. The van der Waals surface area contributed by atoms with Crippen LogP contribution in [0.2, 0.25) is 0 Å². The maximum Gasteiger partial charge on any atom is 0.425 e. The van der Waals surface area contributed by atoms with Gasteiger partial charge >= 0.3 is 18.3 Å². The number of hydrogen-bond donors (Lipinski definition) is 5. The number of nitrogens with two attached hydrogens (primary N) is 1. The highest BCUT2D eigenvalue weighted by atomic mass is 32.1. The molecule has 2 heterocycles. The minimum Gasteiger partial charge on any atom is -0.478 e. The number of carboxylic acid groups (broad SMARTS) is 1. The molecular formula is C46H42F6N6O3S2. The van der Waals surface area contributed by atoms with Gasteiger partial charge in [-0.3, -0.25) is 4.79 Å². The van der Waals surface area contributed by atoms with Gasteiger partial charge in [0.1, 0.15) is 9.75 Å². The first-order chi connectivity index (χ1) is 30.0. The number of aromatic carboxylic acids is 1. The van der Waals surface area contributed by atoms with E-state index in [0.29, 0.717) is 48.8 Å². The zero-order valence-electron chi connectivity index (χ0n) is 33.5. The number of carbonyl (C=O) groups is 2. The van der Waals surface area contributed by atoms with E-state index in [1.165, 1.54) is 24.3 Å². The molecule has 2 aliphatic carbocycles. The first-order valence-electron chi connectivity index (χ1n) is 20.0. The highest BCUT2D eigenvalue weighted by molar-refractivity contribution is 7.19. The summed E-state index contributed by atoms with van der Waals surface area (Å²) in [4.78, 5) is 28.1. The minimum atomic E-state index is -4.34. The lowest BCUT2D eigenvalue weighted by Crippen LogP contribution is -2.40. The molecule has 0 saturated heterocycles. The number of alkyl halides is 6. The number of amides is 1. The number of nitrogens with zero attached hydrogens (tertiary/aromatic N) is 2. The average Bonchev–Trinajstić information content (AvgIpc) is 3.93. The Bertz CT molecular complexity index is 2630. The Morgan fingerprint density at radius 3 is 1.46 bits per heavy atom. The van der Waals surface area contributed by atoms with Crippen LogP contribution in [-0.2, 0) is 12.4 Å². The lowest BCUT2D eigenvalue weighted by molar-refractivity contribution is -0.135. The quantitative estimate of drug-likeness (QED) is 0.0803. The van der Waals surface area contributed by atoms with E-state index >= 15 is 0 Å². The van der Waals surface area contributed by atoms with E-state index in [4.69, 9.17) is 24.0 Å². The van der Waals surface area contributed by atoms with Gasteiger partial charge in [-0.1, -0.05) is 48.5 Å². The molecule has 0 atom stereocenters. The molecule has 2 fully saturated rings. The predicted molar refractivity (Wildman–Crippen MR) is 237 cm³/mol. The van der Waals surface area contributed by atoms with Crippen LogP contribution in [0, 0.1) is 13.1 Å². The number of fused-ring (bicyclic) bond motifs is 2. The number of benzene rings is 4. The lowest BCUT2D eigenvalue weighted by atomic mass is 9.90. The normalized spacial score (nSPS) is 18.7. The largest absolute Gasteiger partial charge is 0.478 e. The van der Waals surface area contributed by atoms with Gasteiger partial charge in [-0.25, -0.2) is 14.5 Å². The van der Waals surface area contributed by atoms with Gasteiger partial charge in [-0.2, -0.15) is 26.3 Å². The number of anilines is 2. The molecule has 63 heavy (non-hydrogen) atoms. The first kappa shape index (κ1) is 46.4. The van der Waals surface area contributed by atoms with E-state index in [1.807, 2.05) is 12.1 Å². The second-order valence-electron chi connectivity index (χ2n) is 15.2. The molecule has 328 valence electrons. The number of hydrogen-bond acceptors (Lipinski definition) is 7. The summed E-state index contributed by atoms with van der Waals surface area (Å²) in [7, 11) is 0. The summed E-state index contributed by atoms with van der Waals surface area (Å²) in [5, 5.41) is 19.6. The monoisotopic (exact) mass is 904 g/mol. The van der Waals surface area contributed by atoms with Gasteiger partial charge in [0.15, 0.2) is 11.4 Å². The number of thiophene rings is 2. The standard InChI is InChI=1S/C23H20F3N3OS.C15H17F3N2S.C8H5NO2/c1-27-17-5-2-4-14(12-17)22(30)29-16-10-8-15(9-11-16)28-19-6-3-7-20-18(19)13-21(31-20)23(24,25)26;16-15(17,18)14-8-11-12(2-1-3-13(11)21-14)20-10-6-4-9(19)5-7-10;1-9-7-4-2-3-6(5-7)8(10)11/h2-7,12-13,15-16,28H,8-11H2,(H,29,30);1-3,8-10,20H,4-7,19H2;2-5H,(H,10,11). The lowest BCUT2D eigenvalue weighted by Gasteiger charge is -2.30. The van der Waals surface area contributed by atoms with Crippen molar-refractivity contribution in [2.24, 2.45) is 5.73 Å². The predicted octanol–water partition coefficient (Wildman–Crippen LogP) is 13.2. The van der Waals surface area contributed by atoms with Crippen molar-refractivity contribution >= 4 is 77.5 Å². The zero-order valence-corrected chi connectivity index (χ0v) is 35.2. The summed E-state index contributed by atoms with van der Waals surface area (Å²) in [5.41, 5.74) is 8.79. The molecule has 0 aliphatic heterocycles. The SMILES string of the molecule is NC1CCC(Nc2cccc3sc(C(F)(F)F)cc23)CC1.[C-]#[N+]c1cccc(C(=O)NC2CCC(Nc3cccc4sc(C(F)(F)F)cc34)CC2)c1.[C-]#[N+]c1cccc(C(=O)O)c1. The number of carbonyl (C=O) groups excluding carboxylic acids is 1. The van der Waals surface area contributed by atoms with Crippen LogP contribution in [0.3, 0.4) is 0 Å². The smallest absolute Gasteiger partial charge is 0.425 e. The summed E-state index contributed by atoms with van der Waals surface area (Å²) in [5.74, 6) is -1.19. The fourth-order valence-electron chi connectivity index (χ4n) is 7.43. The molecule has 0 radical (unpaired) electrons. The molecule has 17 heteroatoms. The van der Waals surface area contributed by atoms with E-state index < -0.39 is 28.1 Å². The van der Waals surface area contributed by atoms with Crippen LogP contribution in [0.25, 0.3) is 29.9 Å². The molecule has 0 spiro atoms. The Balaban J connectivity index is 0.000000177. The van der Waals surface area contributed by atoms with Gasteiger partial charge < -0.3 is 26.8 Å². The topological polar surface area (TPSA) is 125 Å². The molecule has 4 aromatic carbocycles. The highest BCUT2D eigenvalue weighted by Crippen LogP contribution is 2.42. The Morgan fingerprint density at radius 1 is 0.603 bits per heavy atom. The minimum absolute atomic E-state index is 0.0379. The van der Waals surface area contributed by atoms with Crippen LogP contribution in [0.5, 0.6) is 0 Å². The van der Waals surface area contributed by atoms with Gasteiger partial charge in [0.2, 0.25) is 5.91 Å². The Kier molecular flexibility index (Phi) is 15.0. The molecule has 2 saturated carbocycles. The van der Waals surface area contributed by atoms with Crippen LogP contribution in [0.15, 0.2) is 97.1 Å². The van der Waals surface area contributed by atoms with Crippen molar-refractivity contribution in [1.82, 2.24) is 5.32 Å². The number of rotatable bonds is 7. The Morgan fingerprint density at radius 2 is 1.02 bits per heavy atom. The summed E-state index contributed by atoms with van der Waals surface area (Å²) in [6.07, 6.45) is -1.60. The van der Waals surface area contributed by atoms with Crippen LogP contribution < -0.4 is 21.7 Å². The molecule has 6 N–H and O–H groups in total. The van der Waals surface area contributed by atoms with E-state index in [1.54, 1.807) is 60.7 Å². The van der Waals surface area contributed by atoms with Crippen molar-refractivity contribution in [3.63, 3.8) is 0 Å². The second kappa shape index (κ2) is 20.4. The van der Waals surface area contributed by atoms with Crippen molar-refractivity contribution in [2.75, 3.05) is 10.6 Å². The van der Waals surface area contributed by atoms with Gasteiger partial charge in [-0.05, 0) is 99.9 Å². The van der Waals surface area contributed by atoms with E-state index in [-0.39, 0.29) is 29.6 Å². The summed E-state index contributed by atoms with van der Waals surface area (Å²) < 4.78 is 79.0. The van der Waals surface area contributed by atoms with Gasteiger partial charge in [0, 0.05) is 66.8 Å². The maximum absolute atomic E-state index is 13.1. The van der Waals surface area contributed by atoms with E-state index in [9.17, 15) is 35.9 Å². The molecule has 0 bridgehead atoms. The third kappa shape index (κ3) is 12.5. The van der Waals surface area contributed by atoms with E-state index in [0.717, 1.165) is 79.7 Å². The summed E-state index contributed by atoms with van der Waals surface area (Å²) in [6, 6.07) is 26.4. The molecule has 8 rings (SSSR count). The molecule has 6 aromatic rings. The third-order valence-corrected chi connectivity index (χ3v) is 13.0. The van der Waals surface area contributed by atoms with Crippen molar-refractivity contribution < 1.29 is 41.0 Å². The summed E-state index contributed by atoms with van der Waals surface area (Å²) >= 11 is 1.55. The Hall–Kier alpha value is -6.14. The number of halogens is 6. The van der Waals surface area contributed by atoms with Crippen molar-refractivity contribution in [3.8, 4) is 0 Å². The van der Waals surface area contributed by atoms with Gasteiger partial charge in [0.05, 0.1) is 13.1 Å². The fraction of sp³-hybridized carbons (Fsp3) is 0.304. The molecule has 2 aliphatic rings. The Labute approximate surface area is 367 Å². The maximum atomic E-state index is 13.1. The number of carboxylic acids is 1. The fourth-order valence-corrected chi connectivity index (χ4v) is 9.34. The van der Waals surface area contributed by atoms with Crippen LogP contribution >= 0.6 is 22.7 Å². The highest BCUT2D eigenvalue weighted by Gasteiger charge is 2.34. The molecular weight excluding hydrogens is 863 g/mol. The van der Waals surface area contributed by atoms with Gasteiger partial charge in [0.25, 0.3) is 0 Å². The number of nitrogens with one attached hydrogen (secondary N) is 3. The summed E-state index contributed by atoms with van der Waals surface area (Å²) in [6.45, 7) is 13.7. The average molecular weight is 905 g/mol. The molecule has 2 aromatic heterocycles. The van der Waals surface area contributed by atoms with Crippen molar-refractivity contribution in [3.05, 3.63) is 141 Å². The first-order valence-corrected chi connectivity index (χ1v) is 21.6. The van der Waals surface area contributed by atoms with Gasteiger partial charge in [-0.15, -0.1) is 22.7 Å².